The highest BCUT2D eigenvalue weighted by Crippen LogP contribution is 2.51. The van der Waals surface area contributed by atoms with E-state index in [4.69, 9.17) is 0 Å². The summed E-state index contributed by atoms with van der Waals surface area (Å²) in [5, 5.41) is 0. The van der Waals surface area contributed by atoms with Crippen molar-refractivity contribution in [2.75, 3.05) is 14.1 Å². The monoisotopic (exact) mass is 1240 g/mol. The largest absolute Gasteiger partial charge is 0.269 e. The molecule has 0 N–H and O–H groups in total. The molecule has 3 fully saturated rings. The van der Waals surface area contributed by atoms with Crippen LogP contribution in [0.5, 0.6) is 0 Å². The zero-order valence-electron chi connectivity index (χ0n) is 57.5. The summed E-state index contributed by atoms with van der Waals surface area (Å²) in [6.45, 7) is 9.56. The maximum atomic E-state index is 2.52. The predicted molar refractivity (Wildman–Crippen MR) is 392 cm³/mol. The first-order chi connectivity index (χ1) is 46.1. The summed E-state index contributed by atoms with van der Waals surface area (Å²) in [6, 6.07) is 79.4. The van der Waals surface area contributed by atoms with Gasteiger partial charge in [0.2, 0.25) is 11.4 Å². The average Bonchev–Trinajstić information content (AvgIpc) is 1.59. The molecular formula is C88H102N6+4. The van der Waals surface area contributed by atoms with Gasteiger partial charge in [-0.15, -0.1) is 0 Å². The van der Waals surface area contributed by atoms with Gasteiger partial charge < -0.3 is 0 Å². The highest BCUT2D eigenvalue weighted by molar-refractivity contribution is 5.98. The Morgan fingerprint density at radius 2 is 0.734 bits per heavy atom. The Kier molecular flexibility index (Phi) is 20.1. The van der Waals surface area contributed by atoms with Crippen LogP contribution >= 0.6 is 0 Å². The fourth-order valence-corrected chi connectivity index (χ4v) is 17.5. The molecular weight excluding hydrogens is 1140 g/mol. The molecule has 94 heavy (non-hydrogen) atoms. The van der Waals surface area contributed by atoms with Crippen molar-refractivity contribution in [3.63, 3.8) is 0 Å². The van der Waals surface area contributed by atoms with Gasteiger partial charge in [-0.1, -0.05) is 274 Å². The first kappa shape index (κ1) is 64.2. The number of nitrogens with zero attached hydrogens (tertiary/aromatic N) is 6. The molecule has 0 saturated heterocycles. The molecule has 2 aromatic heterocycles. The molecule has 8 atom stereocenters. The van der Waals surface area contributed by atoms with E-state index in [1.54, 1.807) is 5.71 Å². The van der Waals surface area contributed by atoms with Crippen LogP contribution in [0.25, 0.3) is 33.4 Å². The number of fused-ring (bicyclic) bond motifs is 4. The van der Waals surface area contributed by atoms with Gasteiger partial charge >= 0.3 is 0 Å². The molecule has 0 bridgehead atoms. The molecule has 3 saturated carbocycles. The minimum Gasteiger partial charge on any atom is -0.229 e. The Morgan fingerprint density at radius 1 is 0.340 bits per heavy atom. The molecule has 6 heteroatoms. The molecule has 6 nitrogen and oxygen atoms in total. The summed E-state index contributed by atoms with van der Waals surface area (Å²) in [6.07, 6.45) is 29.4. The third-order valence-electron chi connectivity index (χ3n) is 22.4. The molecule has 2 aliphatic heterocycles. The molecule has 4 heterocycles. The van der Waals surface area contributed by atoms with Crippen LogP contribution < -0.4 is 9.13 Å². The van der Waals surface area contributed by atoms with Crippen LogP contribution in [0.15, 0.2) is 243 Å². The summed E-state index contributed by atoms with van der Waals surface area (Å²) >= 11 is 0. The second-order valence-electron chi connectivity index (χ2n) is 28.4. The van der Waals surface area contributed by atoms with Crippen molar-refractivity contribution < 1.29 is 18.3 Å². The maximum absolute atomic E-state index is 2.52. The minimum atomic E-state index is 0.266. The van der Waals surface area contributed by atoms with Gasteiger partial charge in [-0.2, -0.15) is 9.13 Å². The van der Waals surface area contributed by atoms with Crippen molar-refractivity contribution in [1.82, 2.24) is 9.13 Å². The molecule has 0 amide bonds. The summed E-state index contributed by atoms with van der Waals surface area (Å²) < 4.78 is 14.8. The summed E-state index contributed by atoms with van der Waals surface area (Å²) in [5.74, 6) is 7.86. The lowest BCUT2D eigenvalue weighted by Crippen LogP contribution is -2.37. The lowest BCUT2D eigenvalue weighted by atomic mass is 9.78. The van der Waals surface area contributed by atoms with Crippen LogP contribution in [-0.2, 0) is 14.1 Å². The Labute approximate surface area is 562 Å². The van der Waals surface area contributed by atoms with E-state index in [0.29, 0.717) is 41.4 Å². The van der Waals surface area contributed by atoms with E-state index in [1.165, 1.54) is 174 Å². The van der Waals surface area contributed by atoms with Crippen molar-refractivity contribution in [1.29, 1.82) is 0 Å². The second kappa shape index (κ2) is 29.4. The van der Waals surface area contributed by atoms with E-state index >= 15 is 0 Å². The highest BCUT2D eigenvalue weighted by atomic mass is 15.2. The summed E-state index contributed by atoms with van der Waals surface area (Å²) in [4.78, 5) is 0. The van der Waals surface area contributed by atoms with Crippen molar-refractivity contribution in [2.45, 2.75) is 141 Å². The fraction of sp³-hybridized carbons (Fsp3) is 0.364. The number of hydrogen-bond acceptors (Lipinski definition) is 0. The zero-order chi connectivity index (χ0) is 64.7. The van der Waals surface area contributed by atoms with Crippen LogP contribution in [0.1, 0.15) is 175 Å². The normalized spacial score (nSPS) is 22.9. The molecule has 10 aromatic rings. The lowest BCUT2D eigenvalue weighted by molar-refractivity contribution is -0.655. The summed E-state index contributed by atoms with van der Waals surface area (Å²) in [7, 11) is 9.03. The SMILES string of the molecule is C1CCCCC1.CC1C(C2=[N+](C)c3ccccc3C2c2ccccc2)C=CC1c1n(-c2ccccc2)c2ccccc2[n+]1C.CC1C(C2=[N+](C)c3ccccc3C2c2ccccc2)CCC1c1n(-c2ccccc2)c2ccccc2[n+]1C.CC1CC=CC1.CC1CCCC1. The lowest BCUT2D eigenvalue weighted by Gasteiger charge is -2.22. The zero-order valence-corrected chi connectivity index (χ0v) is 57.5. The van der Waals surface area contributed by atoms with E-state index in [-0.39, 0.29) is 5.92 Å². The molecule has 8 aromatic carbocycles. The van der Waals surface area contributed by atoms with Crippen LogP contribution in [0.2, 0.25) is 0 Å². The molecule has 480 valence electrons. The third-order valence-corrected chi connectivity index (χ3v) is 22.4. The van der Waals surface area contributed by atoms with Crippen molar-refractivity contribution in [2.24, 2.45) is 49.6 Å². The molecule has 7 aliphatic rings. The fourth-order valence-electron chi connectivity index (χ4n) is 17.5. The molecule has 8 unspecified atom stereocenters. The van der Waals surface area contributed by atoms with Gasteiger partial charge in [0.1, 0.15) is 25.5 Å². The van der Waals surface area contributed by atoms with Gasteiger partial charge in [-0.05, 0) is 109 Å². The Balaban J connectivity index is 0.000000134. The van der Waals surface area contributed by atoms with Gasteiger partial charge in [-0.25, -0.2) is 18.3 Å². The first-order valence-corrected chi connectivity index (χ1v) is 36.0. The van der Waals surface area contributed by atoms with Gasteiger partial charge in [0, 0.05) is 29.2 Å². The number of benzene rings is 8. The number of para-hydroxylation sites is 8. The van der Waals surface area contributed by atoms with E-state index in [0.717, 1.165) is 11.8 Å². The van der Waals surface area contributed by atoms with E-state index < -0.39 is 0 Å². The van der Waals surface area contributed by atoms with Crippen molar-refractivity contribution >= 4 is 44.9 Å². The van der Waals surface area contributed by atoms with Crippen molar-refractivity contribution in [3.05, 3.63) is 277 Å². The first-order valence-electron chi connectivity index (χ1n) is 36.0. The number of allylic oxidation sites excluding steroid dienone is 4. The number of imidazole rings is 2. The van der Waals surface area contributed by atoms with Gasteiger partial charge in [0.15, 0.2) is 33.5 Å². The minimum absolute atomic E-state index is 0.266. The molecule has 0 radical (unpaired) electrons. The van der Waals surface area contributed by atoms with Gasteiger partial charge in [0.05, 0.1) is 43.7 Å². The number of aryl methyl sites for hydroxylation is 2. The van der Waals surface area contributed by atoms with Gasteiger partial charge in [0.25, 0.3) is 11.6 Å². The number of rotatable bonds is 8. The van der Waals surface area contributed by atoms with Crippen LogP contribution in [0.4, 0.5) is 11.4 Å². The Morgan fingerprint density at radius 3 is 1.20 bits per heavy atom. The Bertz CT molecular complexity index is 4290. The van der Waals surface area contributed by atoms with Crippen LogP contribution in [0, 0.1) is 35.5 Å². The predicted octanol–water partition coefficient (Wildman–Crippen LogP) is 20.6. The topological polar surface area (TPSA) is 23.6 Å². The average molecular weight is 1240 g/mol. The third kappa shape index (κ3) is 13.0. The molecule has 17 rings (SSSR count). The highest BCUT2D eigenvalue weighted by Gasteiger charge is 2.52. The van der Waals surface area contributed by atoms with Crippen LogP contribution in [-0.4, -0.2) is 43.8 Å². The summed E-state index contributed by atoms with van der Waals surface area (Å²) in [5.41, 5.74) is 18.9. The number of hydrogen-bond donors (Lipinski definition) is 0. The Hall–Kier alpha value is -8.48. The maximum Gasteiger partial charge on any atom is 0.269 e. The standard InChI is InChI=1S/C35H35N3.C35H33N3.C6H12.C6H10.C6H12/c2*1-24-27(34-33(25-14-6-4-7-15-25)29-18-10-11-19-30(29)36(34)2)22-23-28(24)35-37(3)31-20-12-13-21-32(31)38(35)26-16-8-5-9-17-26;2*1-6-4-2-3-5-6;1-2-4-6-5-3-1/h4-21,24,27-28,33H,22-23H2,1-3H3;4-24,27-28,33H,1-3H3;6H,2-5H2,1H3;2-3,6H,4-5H2,1H3;1-6H2/q2*+2;;;. The van der Waals surface area contributed by atoms with E-state index in [2.05, 4.69) is 326 Å². The van der Waals surface area contributed by atoms with E-state index in [9.17, 15) is 0 Å². The smallest absolute Gasteiger partial charge is 0.229 e. The molecule has 0 spiro atoms. The number of aromatic nitrogens is 4. The van der Waals surface area contributed by atoms with Crippen molar-refractivity contribution in [3.8, 4) is 11.4 Å². The second-order valence-corrected chi connectivity index (χ2v) is 28.4. The molecule has 5 aliphatic carbocycles. The van der Waals surface area contributed by atoms with E-state index in [1.807, 2.05) is 0 Å². The van der Waals surface area contributed by atoms with Gasteiger partial charge in [-0.3, -0.25) is 0 Å². The van der Waals surface area contributed by atoms with Crippen LogP contribution in [0.3, 0.4) is 0 Å². The quantitative estimate of drug-likeness (QED) is 0.107.